The Hall–Kier alpha value is -1.70. The smallest absolute Gasteiger partial charge is 0.332 e. The van der Waals surface area contributed by atoms with Gasteiger partial charge in [0, 0.05) is 7.05 Å². The van der Waals surface area contributed by atoms with E-state index in [2.05, 4.69) is 20.6 Å². The summed E-state index contributed by atoms with van der Waals surface area (Å²) in [6.07, 6.45) is 5.03. The molecular weight excluding hydrogens is 146 g/mol. The van der Waals surface area contributed by atoms with Crippen molar-refractivity contribution >= 4 is 5.95 Å². The molecule has 1 aromatic heterocycles. The molecule has 1 aromatic rings. The van der Waals surface area contributed by atoms with Crippen molar-refractivity contribution in [3.8, 4) is 12.3 Å². The number of hydrogen-bond acceptors (Lipinski definition) is 4. The minimum absolute atomic E-state index is 0.341. The van der Waals surface area contributed by atoms with E-state index >= 15 is 0 Å². The molecule has 0 atom stereocenters. The van der Waals surface area contributed by atoms with E-state index in [1.807, 2.05) is 0 Å². The molecule has 0 amide bonds. The predicted octanol–water partition coefficient (Wildman–Crippen LogP) is -0.568. The van der Waals surface area contributed by atoms with Gasteiger partial charge < -0.3 is 4.90 Å². The lowest BCUT2D eigenvalue weighted by Crippen LogP contribution is -2.18. The number of hydrogen-bond donors (Lipinski definition) is 1. The van der Waals surface area contributed by atoms with E-state index in [1.165, 1.54) is 0 Å². The first-order chi connectivity index (χ1) is 5.24. The van der Waals surface area contributed by atoms with Gasteiger partial charge in [-0.3, -0.25) is 9.51 Å². The monoisotopic (exact) mass is 153 g/mol. The highest BCUT2D eigenvalue weighted by atomic mass is 16.5. The third kappa shape index (κ3) is 1.61. The lowest BCUT2D eigenvalue weighted by Gasteiger charge is -2.08. The van der Waals surface area contributed by atoms with E-state index in [-0.39, 0.29) is 0 Å². The second-order valence-corrected chi connectivity index (χ2v) is 1.98. The number of nitrogens with zero attached hydrogens (tertiary/aromatic N) is 2. The highest BCUT2D eigenvalue weighted by Gasteiger charge is 2.03. The fraction of sp³-hybridized carbons (Fsp3) is 0.333. The summed E-state index contributed by atoms with van der Waals surface area (Å²) in [5.74, 6) is 2.16. The van der Waals surface area contributed by atoms with Crippen molar-refractivity contribution in [1.29, 1.82) is 0 Å². The van der Waals surface area contributed by atoms with Gasteiger partial charge in [0.15, 0.2) is 0 Å². The number of terminal acetylenes is 1. The van der Waals surface area contributed by atoms with Crippen molar-refractivity contribution in [2.75, 3.05) is 18.5 Å². The van der Waals surface area contributed by atoms with Gasteiger partial charge in [-0.25, -0.2) is 4.79 Å². The summed E-state index contributed by atoms with van der Waals surface area (Å²) in [5.41, 5.74) is 0. The topological polar surface area (TPSA) is 62.1 Å². The Kier molecular flexibility index (Phi) is 1.97. The summed E-state index contributed by atoms with van der Waals surface area (Å²) in [7, 11) is 1.70. The summed E-state index contributed by atoms with van der Waals surface area (Å²) in [5, 5.41) is 3.42. The van der Waals surface area contributed by atoms with Crippen molar-refractivity contribution in [2.45, 2.75) is 0 Å². The number of aromatic nitrogens is 2. The van der Waals surface area contributed by atoms with Crippen LogP contribution in [0, 0.1) is 12.3 Å². The molecule has 0 radical (unpaired) electrons. The zero-order chi connectivity index (χ0) is 8.27. The van der Waals surface area contributed by atoms with Gasteiger partial charge in [-0.1, -0.05) is 5.92 Å². The Morgan fingerprint density at radius 1 is 1.91 bits per heavy atom. The number of nitrogens with one attached hydrogen (secondary N) is 1. The van der Waals surface area contributed by atoms with Crippen LogP contribution in [0.1, 0.15) is 0 Å². The van der Waals surface area contributed by atoms with Crippen LogP contribution in [0.5, 0.6) is 0 Å². The summed E-state index contributed by atoms with van der Waals surface area (Å²) in [4.78, 5) is 14.4. The SMILES string of the molecule is C#CCN(C)c1noc(=O)[nH]1. The maximum Gasteiger partial charge on any atom is 0.440 e. The van der Waals surface area contributed by atoms with Gasteiger partial charge in [-0.2, -0.15) is 0 Å². The second kappa shape index (κ2) is 2.92. The molecule has 1 rings (SSSR count). The van der Waals surface area contributed by atoms with Crippen molar-refractivity contribution in [1.82, 2.24) is 10.1 Å². The molecule has 0 fully saturated rings. The van der Waals surface area contributed by atoms with Crippen LogP contribution in [-0.4, -0.2) is 23.7 Å². The fourth-order valence-electron chi connectivity index (χ4n) is 0.599. The van der Waals surface area contributed by atoms with Crippen molar-refractivity contribution < 1.29 is 4.52 Å². The number of anilines is 1. The Bertz CT molecular complexity index is 319. The van der Waals surface area contributed by atoms with Gasteiger partial charge in [0.25, 0.3) is 0 Å². The Morgan fingerprint density at radius 2 is 2.64 bits per heavy atom. The van der Waals surface area contributed by atoms with Crippen LogP contribution in [0.25, 0.3) is 0 Å². The molecule has 58 valence electrons. The minimum atomic E-state index is -0.580. The molecule has 0 saturated heterocycles. The Labute approximate surface area is 63.0 Å². The summed E-state index contributed by atoms with van der Waals surface area (Å²) in [6.45, 7) is 0.377. The van der Waals surface area contributed by atoms with Crippen molar-refractivity contribution in [2.24, 2.45) is 0 Å². The fourth-order valence-corrected chi connectivity index (χ4v) is 0.599. The number of rotatable bonds is 2. The first-order valence-electron chi connectivity index (χ1n) is 2.94. The van der Waals surface area contributed by atoms with E-state index in [0.717, 1.165) is 0 Å². The second-order valence-electron chi connectivity index (χ2n) is 1.98. The van der Waals surface area contributed by atoms with E-state index in [9.17, 15) is 4.79 Å². The molecule has 1 heterocycles. The molecule has 0 unspecified atom stereocenters. The molecule has 0 aliphatic rings. The van der Waals surface area contributed by atoms with E-state index < -0.39 is 5.76 Å². The summed E-state index contributed by atoms with van der Waals surface area (Å²) in [6, 6.07) is 0. The van der Waals surface area contributed by atoms with Gasteiger partial charge in [-0.15, -0.1) is 6.42 Å². The van der Waals surface area contributed by atoms with Crippen LogP contribution in [0.4, 0.5) is 5.95 Å². The Morgan fingerprint density at radius 3 is 3.09 bits per heavy atom. The highest BCUT2D eigenvalue weighted by Crippen LogP contribution is 1.97. The van der Waals surface area contributed by atoms with Gasteiger partial charge >= 0.3 is 5.76 Å². The summed E-state index contributed by atoms with van der Waals surface area (Å²) < 4.78 is 4.26. The lowest BCUT2D eigenvalue weighted by molar-refractivity contribution is 0.387. The lowest BCUT2D eigenvalue weighted by atomic mass is 10.6. The highest BCUT2D eigenvalue weighted by molar-refractivity contribution is 5.27. The maximum absolute atomic E-state index is 10.4. The minimum Gasteiger partial charge on any atom is -0.332 e. The molecule has 0 aliphatic heterocycles. The van der Waals surface area contributed by atoms with Gasteiger partial charge in [0.1, 0.15) is 0 Å². The molecule has 1 N–H and O–H groups in total. The average Bonchev–Trinajstić information content (AvgIpc) is 2.36. The molecule has 0 aliphatic carbocycles. The van der Waals surface area contributed by atoms with Gasteiger partial charge in [-0.05, 0) is 5.16 Å². The van der Waals surface area contributed by atoms with Gasteiger partial charge in [0.05, 0.1) is 6.54 Å². The predicted molar refractivity (Wildman–Crippen MR) is 39.2 cm³/mol. The zero-order valence-corrected chi connectivity index (χ0v) is 6.00. The van der Waals surface area contributed by atoms with Crippen LogP contribution >= 0.6 is 0 Å². The average molecular weight is 153 g/mol. The van der Waals surface area contributed by atoms with Crippen LogP contribution in [0.15, 0.2) is 9.32 Å². The van der Waals surface area contributed by atoms with Crippen LogP contribution in [0.3, 0.4) is 0 Å². The standard InChI is InChI=1S/C6H7N3O2/c1-3-4-9(2)5-7-6(10)11-8-5/h1H,4H2,2H3,(H,7,8,10). The van der Waals surface area contributed by atoms with Gasteiger partial charge in [0.2, 0.25) is 5.95 Å². The van der Waals surface area contributed by atoms with Crippen LogP contribution < -0.4 is 10.7 Å². The largest absolute Gasteiger partial charge is 0.440 e. The normalized spacial score (nSPS) is 9.09. The maximum atomic E-state index is 10.4. The third-order valence-corrected chi connectivity index (χ3v) is 1.12. The molecule has 11 heavy (non-hydrogen) atoms. The van der Waals surface area contributed by atoms with Crippen molar-refractivity contribution in [3.63, 3.8) is 0 Å². The van der Waals surface area contributed by atoms with E-state index in [0.29, 0.717) is 12.5 Å². The molecule has 5 heteroatoms. The van der Waals surface area contributed by atoms with E-state index in [4.69, 9.17) is 6.42 Å². The number of aromatic amines is 1. The van der Waals surface area contributed by atoms with Crippen molar-refractivity contribution in [3.05, 3.63) is 10.6 Å². The Balaban J connectivity index is 2.78. The first kappa shape index (κ1) is 7.41. The molecule has 0 saturated carbocycles. The molecule has 0 bridgehead atoms. The number of H-pyrrole nitrogens is 1. The quantitative estimate of drug-likeness (QED) is 0.578. The molecule has 0 spiro atoms. The molecular formula is C6H7N3O2. The van der Waals surface area contributed by atoms with E-state index in [1.54, 1.807) is 11.9 Å². The molecule has 0 aromatic carbocycles. The third-order valence-electron chi connectivity index (χ3n) is 1.12. The molecule has 5 nitrogen and oxygen atoms in total. The first-order valence-corrected chi connectivity index (χ1v) is 2.94. The zero-order valence-electron chi connectivity index (χ0n) is 6.00. The van der Waals surface area contributed by atoms with Crippen LogP contribution in [0.2, 0.25) is 0 Å². The van der Waals surface area contributed by atoms with Crippen LogP contribution in [-0.2, 0) is 0 Å². The summed E-state index contributed by atoms with van der Waals surface area (Å²) >= 11 is 0.